The van der Waals surface area contributed by atoms with Crippen LogP contribution < -0.4 is 4.90 Å². The van der Waals surface area contributed by atoms with Crippen molar-refractivity contribution in [1.29, 1.82) is 0 Å². The van der Waals surface area contributed by atoms with Crippen LogP contribution >= 0.6 is 0 Å². The zero-order chi connectivity index (χ0) is 21.3. The normalized spacial score (nSPS) is 17.7. The maximum absolute atomic E-state index is 11.7. The van der Waals surface area contributed by atoms with Crippen LogP contribution in [0, 0.1) is 0 Å². The zero-order valence-corrected chi connectivity index (χ0v) is 18.3. The van der Waals surface area contributed by atoms with Crippen molar-refractivity contribution in [2.75, 3.05) is 44.9 Å². The lowest BCUT2D eigenvalue weighted by Gasteiger charge is -2.34. The summed E-state index contributed by atoms with van der Waals surface area (Å²) in [6.07, 6.45) is 4.72. The Labute approximate surface area is 177 Å². The van der Waals surface area contributed by atoms with Gasteiger partial charge in [0.1, 0.15) is 17.9 Å². The highest BCUT2D eigenvalue weighted by molar-refractivity contribution is 7.89. The third-order valence-electron chi connectivity index (χ3n) is 5.06. The highest BCUT2D eigenvalue weighted by Gasteiger charge is 2.25. The molecule has 1 atom stereocenters. The van der Waals surface area contributed by atoms with Crippen LogP contribution in [0.2, 0.25) is 0 Å². The molecule has 3 aromatic rings. The van der Waals surface area contributed by atoms with E-state index in [0.29, 0.717) is 13.2 Å². The molecular formula is C21H27N5O3S. The summed E-state index contributed by atoms with van der Waals surface area (Å²) in [4.78, 5) is 8.90. The average Bonchev–Trinajstić information content (AvgIpc) is 3.08. The number of rotatable bonds is 6. The van der Waals surface area contributed by atoms with Gasteiger partial charge in [-0.1, -0.05) is 24.3 Å². The minimum Gasteiger partial charge on any atom is -0.370 e. The predicted molar refractivity (Wildman–Crippen MR) is 116 cm³/mol. The maximum Gasteiger partial charge on any atom is 0.156 e. The Morgan fingerprint density at radius 3 is 2.83 bits per heavy atom. The highest BCUT2D eigenvalue weighted by atomic mass is 32.2. The second-order valence-electron chi connectivity index (χ2n) is 8.12. The van der Waals surface area contributed by atoms with Crippen molar-refractivity contribution in [3.05, 3.63) is 59.5 Å². The van der Waals surface area contributed by atoms with Crippen LogP contribution in [0.4, 0.5) is 5.82 Å². The first kappa shape index (κ1) is 20.8. The number of morpholine rings is 1. The van der Waals surface area contributed by atoms with Gasteiger partial charge in [0.05, 0.1) is 12.4 Å². The lowest BCUT2D eigenvalue weighted by Crippen LogP contribution is -2.39. The first-order chi connectivity index (χ1) is 14.3. The summed E-state index contributed by atoms with van der Waals surface area (Å²) in [5.41, 5.74) is 3.91. The summed E-state index contributed by atoms with van der Waals surface area (Å²) >= 11 is 0. The number of anilines is 1. The molecule has 160 valence electrons. The van der Waals surface area contributed by atoms with Crippen molar-refractivity contribution in [3.8, 4) is 0 Å². The van der Waals surface area contributed by atoms with Crippen LogP contribution in [-0.4, -0.2) is 68.0 Å². The smallest absolute Gasteiger partial charge is 0.156 e. The molecule has 30 heavy (non-hydrogen) atoms. The fraction of sp³-hybridized carbons (Fsp3) is 0.429. The van der Waals surface area contributed by atoms with Gasteiger partial charge in [-0.15, -0.1) is 0 Å². The van der Waals surface area contributed by atoms with Crippen molar-refractivity contribution in [1.82, 2.24) is 19.5 Å². The molecule has 1 aliphatic heterocycles. The Balaban J connectivity index is 1.59. The van der Waals surface area contributed by atoms with Crippen molar-refractivity contribution in [2.45, 2.75) is 18.4 Å². The van der Waals surface area contributed by atoms with Crippen molar-refractivity contribution in [3.63, 3.8) is 0 Å². The van der Waals surface area contributed by atoms with Crippen molar-refractivity contribution < 1.29 is 13.2 Å². The molecular weight excluding hydrogens is 402 g/mol. The highest BCUT2D eigenvalue weighted by Crippen LogP contribution is 2.28. The van der Waals surface area contributed by atoms with Gasteiger partial charge in [0.15, 0.2) is 15.7 Å². The molecule has 2 aromatic heterocycles. The molecule has 3 heterocycles. The van der Waals surface area contributed by atoms with E-state index in [9.17, 15) is 8.42 Å². The standard InChI is InChI=1S/C21H27N5O3S/c1-24(2)11-17-10-19-21(22-15-23-26(19)12-17)25-7-8-29-20(13-25)18-6-4-5-16(9-18)14-30(3,27)28/h4-6,9-10,12,15,20H,7-8,11,13-14H2,1-3H3. The zero-order valence-electron chi connectivity index (χ0n) is 17.5. The summed E-state index contributed by atoms with van der Waals surface area (Å²) in [5.74, 6) is 0.915. The van der Waals surface area contributed by atoms with Crippen LogP contribution in [0.1, 0.15) is 22.8 Å². The lowest BCUT2D eigenvalue weighted by atomic mass is 10.1. The molecule has 4 rings (SSSR count). The molecule has 1 unspecified atom stereocenters. The van der Waals surface area contributed by atoms with E-state index in [0.717, 1.165) is 35.6 Å². The summed E-state index contributed by atoms with van der Waals surface area (Å²) < 4.78 is 31.2. The van der Waals surface area contributed by atoms with Crippen LogP contribution in [-0.2, 0) is 26.9 Å². The molecule has 0 aliphatic carbocycles. The average molecular weight is 430 g/mol. The largest absolute Gasteiger partial charge is 0.370 e. The Morgan fingerprint density at radius 2 is 2.07 bits per heavy atom. The van der Waals surface area contributed by atoms with Gasteiger partial charge in [-0.05, 0) is 36.9 Å². The molecule has 0 amide bonds. The molecule has 9 heteroatoms. The number of nitrogens with zero attached hydrogens (tertiary/aromatic N) is 5. The van der Waals surface area contributed by atoms with Gasteiger partial charge in [-0.2, -0.15) is 5.10 Å². The molecule has 8 nitrogen and oxygen atoms in total. The number of hydrogen-bond donors (Lipinski definition) is 0. The number of sulfone groups is 1. The third-order valence-corrected chi connectivity index (χ3v) is 5.92. The quantitative estimate of drug-likeness (QED) is 0.592. The summed E-state index contributed by atoms with van der Waals surface area (Å²) in [7, 11) is 0.999. The molecule has 1 aliphatic rings. The number of aromatic nitrogens is 3. The monoisotopic (exact) mass is 429 g/mol. The van der Waals surface area contributed by atoms with Gasteiger partial charge < -0.3 is 14.5 Å². The van der Waals surface area contributed by atoms with Crippen LogP contribution in [0.25, 0.3) is 5.52 Å². The fourth-order valence-electron chi connectivity index (χ4n) is 3.89. The third kappa shape index (κ3) is 4.80. The second kappa shape index (κ2) is 8.33. The molecule has 0 radical (unpaired) electrons. The van der Waals surface area contributed by atoms with Crippen LogP contribution in [0.15, 0.2) is 42.9 Å². The summed E-state index contributed by atoms with van der Waals surface area (Å²) in [6.45, 7) is 2.79. The van der Waals surface area contributed by atoms with Gasteiger partial charge in [0.2, 0.25) is 0 Å². The molecule has 1 saturated heterocycles. The van der Waals surface area contributed by atoms with Gasteiger partial charge in [0.25, 0.3) is 0 Å². The fourth-order valence-corrected chi connectivity index (χ4v) is 4.68. The minimum absolute atomic E-state index is 0.0304. The summed E-state index contributed by atoms with van der Waals surface area (Å²) in [5, 5.41) is 4.36. The van der Waals surface area contributed by atoms with E-state index in [2.05, 4.69) is 25.9 Å². The molecule has 0 bridgehead atoms. The maximum atomic E-state index is 11.7. The van der Waals surface area contributed by atoms with Crippen molar-refractivity contribution >= 4 is 21.2 Å². The van der Waals surface area contributed by atoms with E-state index in [1.165, 1.54) is 11.8 Å². The van der Waals surface area contributed by atoms with Crippen LogP contribution in [0.3, 0.4) is 0 Å². The number of benzene rings is 1. The number of hydrogen-bond acceptors (Lipinski definition) is 7. The van der Waals surface area contributed by atoms with Gasteiger partial charge in [0, 0.05) is 32.1 Å². The van der Waals surface area contributed by atoms with E-state index < -0.39 is 9.84 Å². The predicted octanol–water partition coefficient (Wildman–Crippen LogP) is 1.91. The number of ether oxygens (including phenoxy) is 1. The molecule has 0 saturated carbocycles. The van der Waals surface area contributed by atoms with E-state index in [-0.39, 0.29) is 11.9 Å². The van der Waals surface area contributed by atoms with Crippen LogP contribution in [0.5, 0.6) is 0 Å². The molecule has 1 fully saturated rings. The van der Waals surface area contributed by atoms with E-state index in [1.54, 1.807) is 6.33 Å². The first-order valence-corrected chi connectivity index (χ1v) is 11.9. The number of fused-ring (bicyclic) bond motifs is 1. The minimum atomic E-state index is -3.08. The first-order valence-electron chi connectivity index (χ1n) is 9.88. The van der Waals surface area contributed by atoms with Gasteiger partial charge >= 0.3 is 0 Å². The Hall–Kier alpha value is -2.49. The van der Waals surface area contributed by atoms with Crippen molar-refractivity contribution in [2.24, 2.45) is 0 Å². The Kier molecular flexibility index (Phi) is 5.77. The Morgan fingerprint density at radius 1 is 1.23 bits per heavy atom. The topological polar surface area (TPSA) is 80.0 Å². The molecule has 0 spiro atoms. The summed E-state index contributed by atoms with van der Waals surface area (Å²) in [6, 6.07) is 9.78. The lowest BCUT2D eigenvalue weighted by molar-refractivity contribution is 0.0395. The van der Waals surface area contributed by atoms with Gasteiger partial charge in [-0.25, -0.2) is 17.9 Å². The Bertz CT molecular complexity index is 1140. The van der Waals surface area contributed by atoms with E-state index in [1.807, 2.05) is 49.1 Å². The second-order valence-corrected chi connectivity index (χ2v) is 10.3. The molecule has 1 aromatic carbocycles. The van der Waals surface area contributed by atoms with E-state index in [4.69, 9.17) is 4.74 Å². The SMILES string of the molecule is CN(C)Cc1cc2c(N3CCOC(c4cccc(CS(C)(=O)=O)c4)C3)ncnn2c1. The van der Waals surface area contributed by atoms with E-state index >= 15 is 0 Å². The van der Waals surface area contributed by atoms with Gasteiger partial charge in [-0.3, -0.25) is 0 Å². The molecule has 0 N–H and O–H groups in total.